The van der Waals surface area contributed by atoms with Crippen molar-refractivity contribution in [2.45, 2.75) is 38.8 Å². The van der Waals surface area contributed by atoms with Crippen molar-refractivity contribution >= 4 is 5.91 Å². The number of aromatic nitrogens is 1. The Labute approximate surface area is 131 Å². The summed E-state index contributed by atoms with van der Waals surface area (Å²) in [5, 5.41) is 9.07. The van der Waals surface area contributed by atoms with Gasteiger partial charge in [-0.3, -0.25) is 4.79 Å². The van der Waals surface area contributed by atoms with Crippen LogP contribution in [0.4, 0.5) is 0 Å². The topological polar surface area (TPSA) is 71.9 Å². The molecule has 122 valence electrons. The number of nitrogens with zero attached hydrogens (tertiary/aromatic N) is 2. The van der Waals surface area contributed by atoms with Gasteiger partial charge in [0.1, 0.15) is 6.10 Å². The molecular formula is C16H24N2O4. The monoisotopic (exact) mass is 308 g/mol. The highest BCUT2D eigenvalue weighted by molar-refractivity contribution is 5.94. The van der Waals surface area contributed by atoms with Gasteiger partial charge in [0.05, 0.1) is 25.4 Å². The van der Waals surface area contributed by atoms with Gasteiger partial charge in [0.25, 0.3) is 5.91 Å². The number of aliphatic hydroxyl groups is 1. The molecule has 1 aromatic heterocycles. The van der Waals surface area contributed by atoms with Gasteiger partial charge >= 0.3 is 0 Å². The molecule has 0 unspecified atom stereocenters. The quantitative estimate of drug-likeness (QED) is 0.862. The summed E-state index contributed by atoms with van der Waals surface area (Å²) in [6.07, 6.45) is 3.38. The second-order valence-electron chi connectivity index (χ2n) is 5.63. The number of hydrogen-bond acceptors (Lipinski definition) is 5. The minimum Gasteiger partial charge on any atom is -0.474 e. The maximum absolute atomic E-state index is 12.4. The van der Waals surface area contributed by atoms with E-state index in [1.165, 1.54) is 6.20 Å². The van der Waals surface area contributed by atoms with E-state index >= 15 is 0 Å². The molecule has 22 heavy (non-hydrogen) atoms. The number of hydrogen-bond donors (Lipinski definition) is 1. The molecule has 0 radical (unpaired) electrons. The van der Waals surface area contributed by atoms with Gasteiger partial charge < -0.3 is 19.5 Å². The zero-order valence-electron chi connectivity index (χ0n) is 13.2. The number of amides is 1. The Bertz CT molecular complexity index is 470. The molecule has 6 nitrogen and oxygen atoms in total. The van der Waals surface area contributed by atoms with Crippen molar-refractivity contribution in [1.29, 1.82) is 0 Å². The van der Waals surface area contributed by atoms with Crippen LogP contribution in [0, 0.1) is 0 Å². The van der Waals surface area contributed by atoms with Crippen LogP contribution in [0.25, 0.3) is 0 Å². The first-order valence-electron chi connectivity index (χ1n) is 7.74. The minimum atomic E-state index is -0.130. The lowest BCUT2D eigenvalue weighted by molar-refractivity contribution is 0.0237. The third kappa shape index (κ3) is 4.42. The van der Waals surface area contributed by atoms with Gasteiger partial charge in [-0.15, -0.1) is 0 Å². The third-order valence-corrected chi connectivity index (χ3v) is 3.66. The normalized spacial score (nSPS) is 15.8. The van der Waals surface area contributed by atoms with Crippen LogP contribution in [0.5, 0.6) is 5.88 Å². The van der Waals surface area contributed by atoms with Crippen LogP contribution in [-0.4, -0.2) is 59.4 Å². The summed E-state index contributed by atoms with van der Waals surface area (Å²) in [6, 6.07) is 3.47. The van der Waals surface area contributed by atoms with Gasteiger partial charge in [-0.1, -0.05) is 0 Å². The standard InChI is InChI=1S/C16H24N2O4/c1-12(2)18(7-8-19)16(20)13-3-4-15(17-11-13)22-14-5-9-21-10-6-14/h3-4,11-12,14,19H,5-10H2,1-2H3. The Morgan fingerprint density at radius 1 is 1.45 bits per heavy atom. The molecule has 0 atom stereocenters. The average Bonchev–Trinajstić information content (AvgIpc) is 2.53. The smallest absolute Gasteiger partial charge is 0.255 e. The number of pyridine rings is 1. The highest BCUT2D eigenvalue weighted by Crippen LogP contribution is 2.17. The highest BCUT2D eigenvalue weighted by Gasteiger charge is 2.19. The molecule has 0 saturated carbocycles. The molecule has 2 rings (SSSR count). The van der Waals surface area contributed by atoms with E-state index in [-0.39, 0.29) is 24.7 Å². The highest BCUT2D eigenvalue weighted by atomic mass is 16.5. The Kier molecular flexibility index (Phi) is 6.15. The van der Waals surface area contributed by atoms with E-state index in [1.54, 1.807) is 17.0 Å². The molecule has 0 bridgehead atoms. The lowest BCUT2D eigenvalue weighted by Gasteiger charge is -2.26. The Morgan fingerprint density at radius 2 is 2.18 bits per heavy atom. The van der Waals surface area contributed by atoms with E-state index in [0.717, 1.165) is 12.8 Å². The first-order valence-corrected chi connectivity index (χ1v) is 7.74. The number of carbonyl (C=O) groups excluding carboxylic acids is 1. The average molecular weight is 308 g/mol. The number of aliphatic hydroxyl groups excluding tert-OH is 1. The number of carbonyl (C=O) groups is 1. The number of ether oxygens (including phenoxy) is 2. The lowest BCUT2D eigenvalue weighted by atomic mass is 10.1. The lowest BCUT2D eigenvalue weighted by Crippen LogP contribution is -2.39. The first-order chi connectivity index (χ1) is 10.6. The van der Waals surface area contributed by atoms with Crippen molar-refractivity contribution in [3.8, 4) is 5.88 Å². The van der Waals surface area contributed by atoms with Crippen molar-refractivity contribution in [3.63, 3.8) is 0 Å². The molecule has 2 heterocycles. The van der Waals surface area contributed by atoms with E-state index in [0.29, 0.717) is 31.2 Å². The second-order valence-corrected chi connectivity index (χ2v) is 5.63. The van der Waals surface area contributed by atoms with Crippen LogP contribution < -0.4 is 4.74 Å². The Morgan fingerprint density at radius 3 is 2.73 bits per heavy atom. The summed E-state index contributed by atoms with van der Waals surface area (Å²) in [7, 11) is 0. The maximum Gasteiger partial charge on any atom is 0.255 e. The fourth-order valence-electron chi connectivity index (χ4n) is 2.41. The molecule has 1 aliphatic heterocycles. The molecule has 0 aromatic carbocycles. The molecule has 1 aromatic rings. The first kappa shape index (κ1) is 16.7. The third-order valence-electron chi connectivity index (χ3n) is 3.66. The van der Waals surface area contributed by atoms with Gasteiger partial charge in [0.2, 0.25) is 5.88 Å². The Balaban J connectivity index is 1.99. The summed E-state index contributed by atoms with van der Waals surface area (Å²) in [6.45, 7) is 5.53. The molecule has 1 amide bonds. The fourth-order valence-corrected chi connectivity index (χ4v) is 2.41. The van der Waals surface area contributed by atoms with Crippen LogP contribution in [0.1, 0.15) is 37.0 Å². The van der Waals surface area contributed by atoms with Crippen LogP contribution >= 0.6 is 0 Å². The Hall–Kier alpha value is -1.66. The van der Waals surface area contributed by atoms with E-state index in [2.05, 4.69) is 4.98 Å². The van der Waals surface area contributed by atoms with E-state index in [9.17, 15) is 4.79 Å². The van der Waals surface area contributed by atoms with E-state index < -0.39 is 0 Å². The van der Waals surface area contributed by atoms with Gasteiger partial charge in [-0.25, -0.2) is 4.98 Å². The molecule has 0 aliphatic carbocycles. The SMILES string of the molecule is CC(C)N(CCO)C(=O)c1ccc(OC2CCOCC2)nc1. The van der Waals surface area contributed by atoms with Gasteiger partial charge in [-0.05, 0) is 19.9 Å². The minimum absolute atomic E-state index is 0.0258. The molecule has 1 aliphatic rings. The van der Waals surface area contributed by atoms with Crippen molar-refractivity contribution in [2.75, 3.05) is 26.4 Å². The molecule has 6 heteroatoms. The van der Waals surface area contributed by atoms with Gasteiger partial charge in [-0.2, -0.15) is 0 Å². The zero-order chi connectivity index (χ0) is 15.9. The van der Waals surface area contributed by atoms with E-state index in [4.69, 9.17) is 14.6 Å². The van der Waals surface area contributed by atoms with Crippen molar-refractivity contribution in [1.82, 2.24) is 9.88 Å². The van der Waals surface area contributed by atoms with Crippen molar-refractivity contribution in [3.05, 3.63) is 23.9 Å². The van der Waals surface area contributed by atoms with E-state index in [1.807, 2.05) is 13.8 Å². The summed E-state index contributed by atoms with van der Waals surface area (Å²) in [5.41, 5.74) is 0.501. The molecule has 1 saturated heterocycles. The molecular weight excluding hydrogens is 284 g/mol. The number of rotatable bonds is 6. The predicted molar refractivity (Wildman–Crippen MR) is 82.0 cm³/mol. The molecule has 1 N–H and O–H groups in total. The maximum atomic E-state index is 12.4. The van der Waals surface area contributed by atoms with Crippen molar-refractivity contribution < 1.29 is 19.4 Å². The van der Waals surface area contributed by atoms with Crippen LogP contribution in [0.15, 0.2) is 18.3 Å². The van der Waals surface area contributed by atoms with Crippen LogP contribution in [-0.2, 0) is 4.74 Å². The fraction of sp³-hybridized carbons (Fsp3) is 0.625. The van der Waals surface area contributed by atoms with Gasteiger partial charge in [0, 0.05) is 37.7 Å². The second kappa shape index (κ2) is 8.10. The van der Waals surface area contributed by atoms with Crippen molar-refractivity contribution in [2.24, 2.45) is 0 Å². The largest absolute Gasteiger partial charge is 0.474 e. The summed E-state index contributed by atoms with van der Waals surface area (Å²) >= 11 is 0. The predicted octanol–water partition coefficient (Wildman–Crippen LogP) is 1.48. The molecule has 0 spiro atoms. The summed E-state index contributed by atoms with van der Waals surface area (Å²) in [5.74, 6) is 0.399. The summed E-state index contributed by atoms with van der Waals surface area (Å²) in [4.78, 5) is 18.2. The zero-order valence-corrected chi connectivity index (χ0v) is 13.2. The van der Waals surface area contributed by atoms with Crippen LogP contribution in [0.2, 0.25) is 0 Å². The van der Waals surface area contributed by atoms with Gasteiger partial charge in [0.15, 0.2) is 0 Å². The molecule has 1 fully saturated rings. The van der Waals surface area contributed by atoms with Crippen LogP contribution in [0.3, 0.4) is 0 Å². The summed E-state index contributed by atoms with van der Waals surface area (Å²) < 4.78 is 11.1.